The maximum absolute atomic E-state index is 13.0. The van der Waals surface area contributed by atoms with Gasteiger partial charge in [-0.15, -0.1) is 0 Å². The van der Waals surface area contributed by atoms with Gasteiger partial charge in [-0.2, -0.15) is 0 Å². The van der Waals surface area contributed by atoms with Gasteiger partial charge >= 0.3 is 0 Å². The summed E-state index contributed by atoms with van der Waals surface area (Å²) in [6.45, 7) is 0. The molecule has 30 heavy (non-hydrogen) atoms. The first-order valence-corrected chi connectivity index (χ1v) is 9.46. The minimum Gasteiger partial charge on any atom is -0.289 e. The van der Waals surface area contributed by atoms with Crippen LogP contribution in [0.5, 0.6) is 0 Å². The molecule has 142 valence electrons. The van der Waals surface area contributed by atoms with Gasteiger partial charge in [0, 0.05) is 32.7 Å². The molecule has 0 aliphatic heterocycles. The van der Waals surface area contributed by atoms with Crippen LogP contribution >= 0.6 is 0 Å². The third kappa shape index (κ3) is 2.54. The zero-order valence-corrected chi connectivity index (χ0v) is 15.7. The van der Waals surface area contributed by atoms with Crippen molar-refractivity contribution in [3.8, 4) is 22.3 Å². The number of hydrogen-bond acceptors (Lipinski definition) is 4. The van der Waals surface area contributed by atoms with Gasteiger partial charge < -0.3 is 0 Å². The summed E-state index contributed by atoms with van der Waals surface area (Å²) in [6, 6.07) is 22.8. The van der Waals surface area contributed by atoms with E-state index < -0.39 is 0 Å². The third-order valence-electron chi connectivity index (χ3n) is 5.38. The summed E-state index contributed by atoms with van der Waals surface area (Å²) in [5.41, 5.74) is 0.444. The molecule has 0 aromatic heterocycles. The van der Waals surface area contributed by atoms with Crippen molar-refractivity contribution in [3.05, 3.63) is 126 Å². The van der Waals surface area contributed by atoms with Crippen molar-refractivity contribution in [1.29, 1.82) is 0 Å². The zero-order chi connectivity index (χ0) is 20.8. The summed E-state index contributed by atoms with van der Waals surface area (Å²) < 4.78 is 0. The molecule has 0 aliphatic rings. The summed E-state index contributed by atoms with van der Waals surface area (Å²) in [5, 5.41) is 0.677. The summed E-state index contributed by atoms with van der Waals surface area (Å²) in [4.78, 5) is 52.1. The maximum Gasteiger partial charge on any atom is 0.187 e. The van der Waals surface area contributed by atoms with Crippen molar-refractivity contribution in [2.24, 2.45) is 0 Å². The summed E-state index contributed by atoms with van der Waals surface area (Å²) in [7, 11) is 0. The molecule has 0 unspecified atom stereocenters. The fourth-order valence-electron chi connectivity index (χ4n) is 4.16. The predicted octanol–water partition coefficient (Wildman–Crippen LogP) is 3.64. The molecule has 0 saturated heterocycles. The number of rotatable bonds is 2. The molecule has 0 heterocycles. The van der Waals surface area contributed by atoms with E-state index in [1.165, 1.54) is 24.3 Å². The van der Waals surface area contributed by atoms with Crippen molar-refractivity contribution in [1.82, 2.24) is 0 Å². The molecular weight excluding hydrogens is 376 g/mol. The van der Waals surface area contributed by atoms with Crippen LogP contribution in [0.2, 0.25) is 0 Å². The van der Waals surface area contributed by atoms with Crippen LogP contribution in [0.4, 0.5) is 0 Å². The predicted molar refractivity (Wildman–Crippen MR) is 120 cm³/mol. The molecule has 0 fully saturated rings. The fraction of sp³-hybridized carbons (Fsp3) is 0. The molecule has 5 aromatic rings. The van der Waals surface area contributed by atoms with Gasteiger partial charge in [-0.05, 0) is 35.4 Å². The van der Waals surface area contributed by atoms with Gasteiger partial charge in [-0.25, -0.2) is 0 Å². The van der Waals surface area contributed by atoms with Crippen molar-refractivity contribution in [2.75, 3.05) is 0 Å². The van der Waals surface area contributed by atoms with Crippen LogP contribution in [0.3, 0.4) is 0 Å². The van der Waals surface area contributed by atoms with Gasteiger partial charge in [0.25, 0.3) is 0 Å². The van der Waals surface area contributed by atoms with Gasteiger partial charge in [0.2, 0.25) is 0 Å². The normalized spacial score (nSPS) is 11.2. The van der Waals surface area contributed by atoms with E-state index in [1.54, 1.807) is 48.5 Å². The minimum absolute atomic E-state index is 0.169. The molecule has 4 heteroatoms. The highest BCUT2D eigenvalue weighted by Gasteiger charge is 2.23. The lowest BCUT2D eigenvalue weighted by Gasteiger charge is -2.15. The van der Waals surface area contributed by atoms with Crippen LogP contribution in [0.1, 0.15) is 0 Å². The topological polar surface area (TPSA) is 68.3 Å². The summed E-state index contributed by atoms with van der Waals surface area (Å²) >= 11 is 0. The van der Waals surface area contributed by atoms with E-state index in [9.17, 15) is 19.2 Å². The van der Waals surface area contributed by atoms with E-state index in [4.69, 9.17) is 0 Å². The highest BCUT2D eigenvalue weighted by Crippen LogP contribution is 2.38. The quantitative estimate of drug-likeness (QED) is 0.432. The second-order valence-corrected chi connectivity index (χ2v) is 7.11. The van der Waals surface area contributed by atoms with E-state index in [-0.39, 0.29) is 43.3 Å². The fourth-order valence-corrected chi connectivity index (χ4v) is 4.16. The molecular formula is C26H14O4. The van der Waals surface area contributed by atoms with Crippen LogP contribution in [-0.4, -0.2) is 0 Å². The molecule has 5 rings (SSSR count). The molecule has 0 aliphatic carbocycles. The average molecular weight is 390 g/mol. The smallest absolute Gasteiger partial charge is 0.187 e. The second-order valence-electron chi connectivity index (χ2n) is 7.11. The minimum atomic E-state index is -0.363. The highest BCUT2D eigenvalue weighted by molar-refractivity contribution is 6.21. The number of hydrogen-bond donors (Lipinski definition) is 0. The van der Waals surface area contributed by atoms with Gasteiger partial charge in [-0.3, -0.25) is 19.2 Å². The second kappa shape index (κ2) is 6.71. The molecule has 0 radical (unpaired) electrons. The molecule has 0 saturated carbocycles. The average Bonchev–Trinajstić information content (AvgIpc) is 2.78. The molecule has 0 spiro atoms. The van der Waals surface area contributed by atoms with Gasteiger partial charge in [0.15, 0.2) is 21.7 Å². The van der Waals surface area contributed by atoms with Gasteiger partial charge in [-0.1, -0.05) is 60.7 Å². The Bertz CT molecular complexity index is 1430. The SMILES string of the molecule is O=c1ccc(=O)c2c(-c3ccccc3)c3c(=O)ccc(=O)c3c(-c3ccccc3)c12. The molecule has 0 bridgehead atoms. The monoisotopic (exact) mass is 390 g/mol. The molecule has 4 nitrogen and oxygen atoms in total. The summed E-state index contributed by atoms with van der Waals surface area (Å²) in [6.07, 6.45) is 0. The van der Waals surface area contributed by atoms with Crippen LogP contribution in [0.25, 0.3) is 43.8 Å². The van der Waals surface area contributed by atoms with Gasteiger partial charge in [0.1, 0.15) is 0 Å². The maximum atomic E-state index is 13.0. The Hall–Kier alpha value is -4.18. The largest absolute Gasteiger partial charge is 0.289 e. The zero-order valence-electron chi connectivity index (χ0n) is 15.7. The van der Waals surface area contributed by atoms with E-state index in [0.717, 1.165) is 0 Å². The Balaban J connectivity index is 2.24. The van der Waals surface area contributed by atoms with Crippen LogP contribution in [0, 0.1) is 0 Å². The van der Waals surface area contributed by atoms with Crippen molar-refractivity contribution in [2.45, 2.75) is 0 Å². The number of benzene rings is 5. The summed E-state index contributed by atoms with van der Waals surface area (Å²) in [5.74, 6) is 0. The molecule has 5 aromatic carbocycles. The lowest BCUT2D eigenvalue weighted by molar-refractivity contribution is 1.55. The van der Waals surface area contributed by atoms with E-state index >= 15 is 0 Å². The highest BCUT2D eigenvalue weighted by atomic mass is 16.1. The van der Waals surface area contributed by atoms with Gasteiger partial charge in [0.05, 0.1) is 0 Å². The van der Waals surface area contributed by atoms with E-state index in [0.29, 0.717) is 22.3 Å². The standard InChI is InChI=1S/C26H14O4/c27-17-11-13-19(29)25-22(16-9-5-2-6-10-16)26-20(30)14-12-18(28)24(26)21(23(17)25)15-7-3-1-4-8-15/h1-14H. The van der Waals surface area contributed by atoms with Crippen molar-refractivity contribution in [3.63, 3.8) is 0 Å². The molecule has 0 amide bonds. The first-order valence-electron chi connectivity index (χ1n) is 9.46. The Morgan fingerprint density at radius 2 is 0.600 bits per heavy atom. The van der Waals surface area contributed by atoms with E-state index in [2.05, 4.69) is 0 Å². The third-order valence-corrected chi connectivity index (χ3v) is 5.38. The van der Waals surface area contributed by atoms with Crippen LogP contribution in [0.15, 0.2) is 104 Å². The number of fused-ring (bicyclic) bond motifs is 2. The lowest BCUT2D eigenvalue weighted by Crippen LogP contribution is -2.17. The van der Waals surface area contributed by atoms with E-state index in [1.807, 2.05) is 12.1 Å². The first-order chi connectivity index (χ1) is 14.6. The lowest BCUT2D eigenvalue weighted by atomic mass is 9.85. The molecule has 0 N–H and O–H groups in total. The first kappa shape index (κ1) is 17.9. The van der Waals surface area contributed by atoms with Crippen molar-refractivity contribution >= 4 is 21.5 Å². The van der Waals surface area contributed by atoms with Crippen molar-refractivity contribution < 1.29 is 0 Å². The Kier molecular flexibility index (Phi) is 4.00. The van der Waals surface area contributed by atoms with Crippen LogP contribution < -0.4 is 21.7 Å². The Labute approximate surface area is 170 Å². The van der Waals surface area contributed by atoms with Crippen LogP contribution in [-0.2, 0) is 0 Å². The Morgan fingerprint density at radius 3 is 0.867 bits per heavy atom. The molecule has 0 atom stereocenters. The Morgan fingerprint density at radius 1 is 0.333 bits per heavy atom.